The summed E-state index contributed by atoms with van der Waals surface area (Å²) in [6.07, 6.45) is 34.4. The summed E-state index contributed by atoms with van der Waals surface area (Å²) >= 11 is 0. The van der Waals surface area contributed by atoms with Gasteiger partial charge < -0.3 is 84.9 Å². The van der Waals surface area contributed by atoms with Crippen molar-refractivity contribution in [2.45, 2.75) is 242 Å². The molecule has 26 heteroatoms. The maximum Gasteiger partial charge on any atom is 0.342 e. The zero-order valence-electron chi connectivity index (χ0n) is 67.5. The van der Waals surface area contributed by atoms with Crippen LogP contribution in [0.25, 0.3) is 0 Å². The Bertz CT molecular complexity index is 3560. The number of allylic oxidation sites excluding steroid dienone is 10. The molecule has 4 aromatic carbocycles. The lowest BCUT2D eigenvalue weighted by molar-refractivity contribution is -0.152. The highest BCUT2D eigenvalue weighted by Crippen LogP contribution is 2.28. The number of carbonyl (C=O) groups is 8. The van der Waals surface area contributed by atoms with Crippen LogP contribution in [0, 0.1) is 6.92 Å². The number of nitrogens with zero attached hydrogens (tertiary/aromatic N) is 1. The summed E-state index contributed by atoms with van der Waals surface area (Å²) in [6.45, 7) is 17.9. The highest BCUT2D eigenvalue weighted by Gasteiger charge is 2.20. The van der Waals surface area contributed by atoms with E-state index in [9.17, 15) is 58.8 Å². The van der Waals surface area contributed by atoms with Crippen LogP contribution in [0.5, 0.6) is 46.0 Å². The Morgan fingerprint density at radius 2 is 0.770 bits per heavy atom. The van der Waals surface area contributed by atoms with Gasteiger partial charge in [0.05, 0.1) is 45.1 Å². The van der Waals surface area contributed by atoms with Crippen LogP contribution in [0.15, 0.2) is 158 Å². The Labute approximate surface area is 666 Å². The molecule has 1 unspecified atom stereocenters. The van der Waals surface area contributed by atoms with Gasteiger partial charge in [0.15, 0.2) is 11.9 Å². The molecule has 0 spiro atoms. The highest BCUT2D eigenvalue weighted by molar-refractivity contribution is 5.78. The molecule has 0 aliphatic rings. The summed E-state index contributed by atoms with van der Waals surface area (Å²) < 4.78 is 35.7. The summed E-state index contributed by atoms with van der Waals surface area (Å²) in [5.74, 6) is -2.55. The van der Waals surface area contributed by atoms with E-state index in [1.807, 2.05) is 45.9 Å². The minimum absolute atomic E-state index is 0.00842. The van der Waals surface area contributed by atoms with E-state index in [-0.39, 0.29) is 84.6 Å². The van der Waals surface area contributed by atoms with Crippen molar-refractivity contribution in [3.8, 4) is 46.0 Å². The Morgan fingerprint density at radius 3 is 1.10 bits per heavy atom. The van der Waals surface area contributed by atoms with Gasteiger partial charge in [0.1, 0.15) is 52.4 Å². The maximum absolute atomic E-state index is 11.8. The number of carboxylic acid groups (broad SMARTS) is 1. The van der Waals surface area contributed by atoms with Gasteiger partial charge in [-0.2, -0.15) is 0 Å². The molecule has 1 heterocycles. The van der Waals surface area contributed by atoms with E-state index in [2.05, 4.69) is 82.1 Å². The summed E-state index contributed by atoms with van der Waals surface area (Å²) in [5.41, 5.74) is 8.36. The lowest BCUT2D eigenvalue weighted by atomic mass is 10.1. The normalized spacial score (nSPS) is 11.2. The molecule has 0 aliphatic heterocycles. The number of carboxylic acids is 1. The summed E-state index contributed by atoms with van der Waals surface area (Å²) in [4.78, 5) is 96.0. The Kier molecular flexibility index (Phi) is 63.7. The van der Waals surface area contributed by atoms with E-state index < -0.39 is 56.0 Å². The second-order valence-electron chi connectivity index (χ2n) is 24.1. The zero-order valence-corrected chi connectivity index (χ0v) is 67.5. The molecule has 26 nitrogen and oxygen atoms in total. The molecule has 0 amide bonds. The first kappa shape index (κ1) is 105. The fourth-order valence-corrected chi connectivity index (χ4v) is 8.96. The molecular formula is C87H124N2O24. The van der Waals surface area contributed by atoms with Crippen molar-refractivity contribution in [2.24, 2.45) is 5.73 Å². The molecule has 0 fully saturated rings. The predicted octanol–water partition coefficient (Wildman–Crippen LogP) is 14.4. The monoisotopic (exact) mass is 1580 g/mol. The fraction of sp³-hybridized carbons (Fsp3) is 0.460. The number of unbranched alkanes of at least 4 members (excludes halogenated alkanes) is 5. The van der Waals surface area contributed by atoms with E-state index >= 15 is 0 Å². The number of phenolic OH excluding ortho intramolecular Hbond substituents is 2. The molecule has 626 valence electrons. The lowest BCUT2D eigenvalue weighted by Gasteiger charge is -2.13. The standard InChI is InChI=1S/C19H26O6.C17H23NO4.C17H22O6.C16H23NO4.C14H18O4.2C2H6/c1-2-3-4-5-6-7-18(22)24-16-10-8-15(9-11-16)12-19(23)25-17(13-20)14-21;1-2-3-4-5-6-7-16(19)22-14-10-8-13(9-11-14)12-15(18)17(20)21;1-2-3-4-5-6-7-16(20)22-13-8-10-14(11-9-13)23-17(21)15(19)12-18;1-3-4-5-6-7-8-15(20)21-16-12(2)17-9-13(10-18)14(16)11-19;1-2-3-4-5-6-7-14(17)18-13-9-11(15)8-12(16)10-13;2*1-2/h3-4,8-11,17,20-21H,2,5-7,12-14H2,1H3;3-4,8-11,15H,2,5-7,12,18H2,1H3,(H,20,21);3-4,8-11,15,18-19H,2,5-7,12H2,1H3;4-5,9,18-19H,3,6-8,10-11H2,1-2H3;3-4,8-10,15-16H,2,5-7H2,1H3;2*1-2H3/b3*4-3-;5-4-;4-3-;;/t;15-;;;;;/m.0...../s1. The number of carbonyl (C=O) groups excluding carboxylic acids is 7. The number of phenols is 2. The Balaban J connectivity index is 0. The van der Waals surface area contributed by atoms with Crippen LogP contribution in [0.1, 0.15) is 219 Å². The second kappa shape index (κ2) is 68.6. The number of aromatic nitrogens is 1. The van der Waals surface area contributed by atoms with Crippen LogP contribution in [-0.2, 0) is 69.1 Å². The van der Waals surface area contributed by atoms with Crippen LogP contribution < -0.4 is 34.2 Å². The first-order valence-corrected chi connectivity index (χ1v) is 38.6. The van der Waals surface area contributed by atoms with Crippen LogP contribution in [0.2, 0.25) is 0 Å². The molecule has 0 saturated carbocycles. The van der Waals surface area contributed by atoms with Crippen molar-refractivity contribution in [1.29, 1.82) is 0 Å². The van der Waals surface area contributed by atoms with Gasteiger partial charge in [-0.3, -0.25) is 38.5 Å². The molecule has 2 atom stereocenters. The van der Waals surface area contributed by atoms with E-state index in [1.165, 1.54) is 48.7 Å². The van der Waals surface area contributed by atoms with Crippen molar-refractivity contribution >= 4 is 47.8 Å². The number of ether oxygens (including phenoxy) is 7. The number of benzene rings is 4. The van der Waals surface area contributed by atoms with Gasteiger partial charge in [-0.1, -0.05) is 147 Å². The quantitative estimate of drug-likeness (QED) is 0.00750. The number of aliphatic carboxylic acids is 1. The Hall–Kier alpha value is -10.2. The van der Waals surface area contributed by atoms with Gasteiger partial charge in [0.2, 0.25) is 0 Å². The second-order valence-corrected chi connectivity index (χ2v) is 24.1. The lowest BCUT2D eigenvalue weighted by Crippen LogP contribution is -2.32. The van der Waals surface area contributed by atoms with Crippen LogP contribution >= 0.6 is 0 Å². The molecule has 0 aliphatic carbocycles. The number of hydrogen-bond acceptors (Lipinski definition) is 25. The molecule has 0 radical (unpaired) electrons. The number of nitrogens with two attached hydrogens (primary N) is 1. The maximum atomic E-state index is 11.8. The molecule has 1 aromatic heterocycles. The molecule has 11 N–H and O–H groups in total. The van der Waals surface area contributed by atoms with Crippen molar-refractivity contribution in [3.05, 3.63) is 186 Å². The zero-order chi connectivity index (χ0) is 85.0. The van der Waals surface area contributed by atoms with Crippen LogP contribution in [-0.4, -0.2) is 137 Å². The third-order valence-corrected chi connectivity index (χ3v) is 14.7. The van der Waals surface area contributed by atoms with E-state index in [0.29, 0.717) is 71.7 Å². The van der Waals surface area contributed by atoms with Crippen LogP contribution in [0.3, 0.4) is 0 Å². The number of aliphatic hydroxyl groups excluding tert-OH is 6. The summed E-state index contributed by atoms with van der Waals surface area (Å²) in [6, 6.07) is 22.0. The number of esters is 7. The number of aryl methyl sites for hydroxylation is 1. The summed E-state index contributed by atoms with van der Waals surface area (Å²) in [5, 5.41) is 81.3. The van der Waals surface area contributed by atoms with E-state index in [0.717, 1.165) is 102 Å². The molecule has 5 rings (SSSR count). The Morgan fingerprint density at radius 1 is 0.434 bits per heavy atom. The number of aromatic hydroxyl groups is 2. The minimum atomic E-state index is -1.57. The van der Waals surface area contributed by atoms with Crippen molar-refractivity contribution in [3.63, 3.8) is 0 Å². The van der Waals surface area contributed by atoms with Gasteiger partial charge in [0, 0.05) is 67.6 Å². The highest BCUT2D eigenvalue weighted by atomic mass is 16.6. The average molecular weight is 1580 g/mol. The average Bonchev–Trinajstić information content (AvgIpc) is 0.823. The third kappa shape index (κ3) is 53.4. The van der Waals surface area contributed by atoms with E-state index in [4.69, 9.17) is 64.4 Å². The third-order valence-electron chi connectivity index (χ3n) is 14.7. The first-order chi connectivity index (χ1) is 54.4. The number of rotatable bonds is 43. The topological polar surface area (TPSA) is 422 Å². The number of aliphatic hydroxyl groups is 6. The summed E-state index contributed by atoms with van der Waals surface area (Å²) in [7, 11) is 0. The SMILES string of the molecule is CC.CC.CC/C=C\CCCC(=O)Oc1c(C)ncc(CO)c1CO.CC/C=C\CCCC(=O)Oc1cc(O)cc(O)c1.CC/C=C\CCCC(=O)Oc1ccc(CC(=O)OC(CO)CO)cc1.CC/C=C\CCCC(=O)Oc1ccc(C[C@H](N)C(=O)O)cc1.CC/C=C\CCCC(=O)Oc1ccc(OC(=O)C(O)CO)cc1. The molecule has 5 aromatic rings. The van der Waals surface area contributed by atoms with Gasteiger partial charge in [-0.15, -0.1) is 0 Å². The van der Waals surface area contributed by atoms with Gasteiger partial charge in [-0.25, -0.2) is 4.79 Å². The van der Waals surface area contributed by atoms with E-state index in [1.54, 1.807) is 55.5 Å². The smallest absolute Gasteiger partial charge is 0.342 e. The molecule has 0 saturated heterocycles. The fourth-order valence-electron chi connectivity index (χ4n) is 8.96. The largest absolute Gasteiger partial charge is 0.508 e. The van der Waals surface area contributed by atoms with Crippen molar-refractivity contribution < 1.29 is 117 Å². The van der Waals surface area contributed by atoms with Gasteiger partial charge in [0.25, 0.3) is 0 Å². The van der Waals surface area contributed by atoms with Gasteiger partial charge in [-0.05, 0) is 169 Å². The van der Waals surface area contributed by atoms with Crippen molar-refractivity contribution in [1.82, 2.24) is 4.98 Å². The number of hydrogen-bond donors (Lipinski definition) is 10. The first-order valence-electron chi connectivity index (χ1n) is 38.6. The molecule has 113 heavy (non-hydrogen) atoms. The van der Waals surface area contributed by atoms with Crippen LogP contribution in [0.4, 0.5) is 0 Å². The number of pyridine rings is 1. The van der Waals surface area contributed by atoms with Gasteiger partial charge >= 0.3 is 47.8 Å². The predicted molar refractivity (Wildman–Crippen MR) is 433 cm³/mol. The molecular weight excluding hydrogens is 1460 g/mol. The molecule has 0 bridgehead atoms. The van der Waals surface area contributed by atoms with Crippen molar-refractivity contribution in [2.75, 3.05) is 19.8 Å². The minimum Gasteiger partial charge on any atom is -0.508 e.